The number of nitro benzene ring substituents is 1. The molecule has 0 heterocycles. The topological polar surface area (TPSA) is 98.5 Å². The van der Waals surface area contributed by atoms with Crippen LogP contribution in [-0.2, 0) is 9.84 Å². The minimum Gasteiger partial charge on any atom is -0.497 e. The summed E-state index contributed by atoms with van der Waals surface area (Å²) < 4.78 is 28.0. The zero-order valence-corrected chi connectivity index (χ0v) is 12.8. The number of nitrogens with one attached hydrogen (secondary N) is 1. The summed E-state index contributed by atoms with van der Waals surface area (Å²) in [5.74, 6) is 0.660. The maximum absolute atomic E-state index is 11.5. The zero-order chi connectivity index (χ0) is 16.3. The molecule has 0 atom stereocenters. The number of methoxy groups -OCH3 is 1. The lowest BCUT2D eigenvalue weighted by Gasteiger charge is -2.09. The van der Waals surface area contributed by atoms with Crippen LogP contribution in [0, 0.1) is 10.1 Å². The highest BCUT2D eigenvalue weighted by molar-refractivity contribution is 7.90. The van der Waals surface area contributed by atoms with E-state index < -0.39 is 14.8 Å². The molecule has 2 rings (SSSR count). The van der Waals surface area contributed by atoms with Crippen molar-refractivity contribution in [1.29, 1.82) is 0 Å². The van der Waals surface area contributed by atoms with Gasteiger partial charge in [-0.3, -0.25) is 10.1 Å². The van der Waals surface area contributed by atoms with Crippen LogP contribution >= 0.6 is 0 Å². The number of benzene rings is 2. The fraction of sp³-hybridized carbons (Fsp3) is 0.143. The largest absolute Gasteiger partial charge is 0.497 e. The first-order valence-corrected chi connectivity index (χ1v) is 8.10. The second-order valence-corrected chi connectivity index (χ2v) is 6.58. The molecule has 0 fully saturated rings. The number of hydrogen-bond donors (Lipinski definition) is 1. The second-order valence-electron chi connectivity index (χ2n) is 4.56. The molecule has 8 heteroatoms. The Hall–Kier alpha value is -2.61. The van der Waals surface area contributed by atoms with Gasteiger partial charge in [0.25, 0.3) is 5.69 Å². The van der Waals surface area contributed by atoms with Gasteiger partial charge in [-0.1, -0.05) is 0 Å². The fourth-order valence-electron chi connectivity index (χ4n) is 1.83. The predicted octanol–water partition coefficient (Wildman–Crippen LogP) is 2.75. The van der Waals surface area contributed by atoms with Crippen molar-refractivity contribution in [2.45, 2.75) is 4.90 Å². The predicted molar refractivity (Wildman–Crippen MR) is 82.5 cm³/mol. The molecule has 0 amide bonds. The molecule has 2 aromatic rings. The number of anilines is 2. The number of sulfone groups is 1. The summed E-state index contributed by atoms with van der Waals surface area (Å²) in [5.41, 5.74) is 0.525. The van der Waals surface area contributed by atoms with Gasteiger partial charge in [0.2, 0.25) is 0 Å². The highest BCUT2D eigenvalue weighted by Crippen LogP contribution is 2.30. The molecular weight excluding hydrogens is 308 g/mol. The van der Waals surface area contributed by atoms with Gasteiger partial charge in [0, 0.05) is 18.0 Å². The molecular formula is C14H14N2O5S. The average Bonchev–Trinajstić information content (AvgIpc) is 2.47. The molecule has 22 heavy (non-hydrogen) atoms. The monoisotopic (exact) mass is 322 g/mol. The maximum Gasteiger partial charge on any atom is 0.293 e. The molecule has 116 valence electrons. The third kappa shape index (κ3) is 3.53. The van der Waals surface area contributed by atoms with E-state index in [9.17, 15) is 18.5 Å². The summed E-state index contributed by atoms with van der Waals surface area (Å²) >= 11 is 0. The van der Waals surface area contributed by atoms with Gasteiger partial charge in [-0.2, -0.15) is 0 Å². The van der Waals surface area contributed by atoms with Crippen LogP contribution < -0.4 is 10.1 Å². The second kappa shape index (κ2) is 6.02. The molecule has 0 aromatic heterocycles. The van der Waals surface area contributed by atoms with Gasteiger partial charge >= 0.3 is 0 Å². The third-order valence-electron chi connectivity index (χ3n) is 2.96. The molecule has 7 nitrogen and oxygen atoms in total. The number of nitro groups is 1. The molecule has 0 saturated heterocycles. The molecule has 0 aliphatic rings. The van der Waals surface area contributed by atoms with E-state index >= 15 is 0 Å². The number of nitrogens with zero attached hydrogens (tertiary/aromatic N) is 1. The van der Waals surface area contributed by atoms with E-state index in [-0.39, 0.29) is 16.3 Å². The van der Waals surface area contributed by atoms with Crippen molar-refractivity contribution in [2.24, 2.45) is 0 Å². The van der Waals surface area contributed by atoms with Gasteiger partial charge in [-0.05, 0) is 36.4 Å². The quantitative estimate of drug-likeness (QED) is 0.671. The summed E-state index contributed by atoms with van der Waals surface area (Å²) in [7, 11) is -1.97. The SMILES string of the molecule is COc1ccc(Nc2ccc(S(C)(=O)=O)cc2[N+](=O)[O-])cc1. The van der Waals surface area contributed by atoms with Crippen molar-refractivity contribution in [3.63, 3.8) is 0 Å². The first-order valence-electron chi connectivity index (χ1n) is 6.21. The van der Waals surface area contributed by atoms with Gasteiger partial charge in [-0.25, -0.2) is 8.42 Å². The zero-order valence-electron chi connectivity index (χ0n) is 11.9. The molecule has 0 bridgehead atoms. The molecule has 0 aliphatic carbocycles. The number of hydrogen-bond acceptors (Lipinski definition) is 6. The highest BCUT2D eigenvalue weighted by Gasteiger charge is 2.18. The van der Waals surface area contributed by atoms with Crippen LogP contribution in [0.2, 0.25) is 0 Å². The lowest BCUT2D eigenvalue weighted by atomic mass is 10.2. The Labute approximate surface area is 127 Å². The van der Waals surface area contributed by atoms with Crippen LogP contribution in [0.15, 0.2) is 47.4 Å². The van der Waals surface area contributed by atoms with Crippen LogP contribution in [0.5, 0.6) is 5.75 Å². The Bertz CT molecular complexity index is 800. The van der Waals surface area contributed by atoms with Crippen LogP contribution in [0.1, 0.15) is 0 Å². The normalized spacial score (nSPS) is 11.0. The summed E-state index contributed by atoms with van der Waals surface area (Å²) in [6.45, 7) is 0. The van der Waals surface area contributed by atoms with Crippen molar-refractivity contribution in [3.8, 4) is 5.75 Å². The molecule has 0 radical (unpaired) electrons. The van der Waals surface area contributed by atoms with Crippen molar-refractivity contribution in [1.82, 2.24) is 0 Å². The molecule has 0 spiro atoms. The van der Waals surface area contributed by atoms with E-state index in [2.05, 4.69) is 5.32 Å². The fourth-order valence-corrected chi connectivity index (χ4v) is 2.47. The van der Waals surface area contributed by atoms with Crippen LogP contribution in [0.25, 0.3) is 0 Å². The van der Waals surface area contributed by atoms with Crippen LogP contribution in [0.3, 0.4) is 0 Å². The minimum absolute atomic E-state index is 0.0977. The summed E-state index contributed by atoms with van der Waals surface area (Å²) in [6, 6.07) is 10.6. The van der Waals surface area contributed by atoms with Crippen molar-refractivity contribution >= 4 is 26.9 Å². The molecule has 0 aliphatic heterocycles. The Morgan fingerprint density at radius 3 is 2.27 bits per heavy atom. The van der Waals surface area contributed by atoms with Crippen molar-refractivity contribution < 1.29 is 18.1 Å². The average molecular weight is 322 g/mol. The smallest absolute Gasteiger partial charge is 0.293 e. The van der Waals surface area contributed by atoms with Crippen LogP contribution in [0.4, 0.5) is 17.1 Å². The number of rotatable bonds is 5. The van der Waals surface area contributed by atoms with E-state index in [1.54, 1.807) is 24.3 Å². The Morgan fingerprint density at radius 1 is 1.14 bits per heavy atom. The standard InChI is InChI=1S/C14H14N2O5S/c1-21-11-5-3-10(4-6-11)15-13-8-7-12(22(2,19)20)9-14(13)16(17)18/h3-9,15H,1-2H3. The van der Waals surface area contributed by atoms with E-state index in [1.807, 2.05) is 0 Å². The van der Waals surface area contributed by atoms with E-state index in [4.69, 9.17) is 4.74 Å². The molecule has 1 N–H and O–H groups in total. The summed E-state index contributed by atoms with van der Waals surface area (Å²) in [4.78, 5) is 10.4. The lowest BCUT2D eigenvalue weighted by molar-refractivity contribution is -0.384. The Balaban J connectivity index is 2.39. The van der Waals surface area contributed by atoms with E-state index in [0.29, 0.717) is 11.4 Å². The van der Waals surface area contributed by atoms with Gasteiger partial charge in [0.05, 0.1) is 16.9 Å². The van der Waals surface area contributed by atoms with E-state index in [1.165, 1.54) is 19.2 Å². The maximum atomic E-state index is 11.5. The first-order chi connectivity index (χ1) is 10.3. The molecule has 0 unspecified atom stereocenters. The summed E-state index contributed by atoms with van der Waals surface area (Å²) in [6.07, 6.45) is 1.00. The highest BCUT2D eigenvalue weighted by atomic mass is 32.2. The van der Waals surface area contributed by atoms with Gasteiger partial charge in [-0.15, -0.1) is 0 Å². The van der Waals surface area contributed by atoms with Crippen molar-refractivity contribution in [3.05, 3.63) is 52.6 Å². The molecule has 2 aromatic carbocycles. The van der Waals surface area contributed by atoms with E-state index in [0.717, 1.165) is 12.3 Å². The van der Waals surface area contributed by atoms with Gasteiger partial charge in [0.1, 0.15) is 11.4 Å². The van der Waals surface area contributed by atoms with Gasteiger partial charge in [0.15, 0.2) is 9.84 Å². The Morgan fingerprint density at radius 2 is 1.77 bits per heavy atom. The van der Waals surface area contributed by atoms with Crippen molar-refractivity contribution in [2.75, 3.05) is 18.7 Å². The van der Waals surface area contributed by atoms with Gasteiger partial charge < -0.3 is 10.1 Å². The lowest BCUT2D eigenvalue weighted by Crippen LogP contribution is -2.02. The first kappa shape index (κ1) is 15.8. The molecule has 0 saturated carbocycles. The third-order valence-corrected chi connectivity index (χ3v) is 4.07. The Kier molecular flexibility index (Phi) is 4.32. The minimum atomic E-state index is -3.51. The van der Waals surface area contributed by atoms with Crippen LogP contribution in [-0.4, -0.2) is 26.7 Å². The number of ether oxygens (including phenoxy) is 1. The summed E-state index contributed by atoms with van der Waals surface area (Å²) in [5, 5.41) is 14.0.